The number of rotatable bonds is 13. The molecule has 0 amide bonds. The maximum atomic E-state index is 13.8. The maximum absolute atomic E-state index is 13.8. The Labute approximate surface area is 214 Å². The molecule has 0 aromatic heterocycles. The number of carboxylic acids is 1. The van der Waals surface area contributed by atoms with Crippen molar-refractivity contribution in [2.45, 2.75) is 78.2 Å². The van der Waals surface area contributed by atoms with Crippen molar-refractivity contribution in [1.29, 1.82) is 0 Å². The minimum Gasteiger partial charge on any atom is -0.507 e. The molecular weight excluding hydrogens is 481 g/mol. The molecular formula is C27H40NO7P. The van der Waals surface area contributed by atoms with Crippen molar-refractivity contribution in [3.05, 3.63) is 47.1 Å². The number of carboxylic acid groups (broad SMARTS) is 1. The van der Waals surface area contributed by atoms with Gasteiger partial charge in [-0.05, 0) is 70.1 Å². The Balaban J connectivity index is 2.68. The van der Waals surface area contributed by atoms with E-state index in [4.69, 9.17) is 15.0 Å². The molecule has 1 aromatic rings. The summed E-state index contributed by atoms with van der Waals surface area (Å²) in [7, 11) is -4.39. The van der Waals surface area contributed by atoms with Gasteiger partial charge in [0, 0.05) is 11.5 Å². The lowest BCUT2D eigenvalue weighted by atomic mass is 9.73. The fourth-order valence-corrected chi connectivity index (χ4v) is 6.34. The first-order valence-electron chi connectivity index (χ1n) is 12.6. The van der Waals surface area contributed by atoms with Crippen molar-refractivity contribution >= 4 is 19.0 Å². The zero-order valence-corrected chi connectivity index (χ0v) is 22.7. The van der Waals surface area contributed by atoms with Gasteiger partial charge < -0.3 is 25.2 Å². The standard InChI is InChI=1S/C27H40NO7P/c1-6-8-9-10-19-14-23(29)25(21-13-18(5)11-12-20(21)17(3)4)24(15-19)35-36(33,27(32)34-7-2)16-22(28)26(30)31/h13-15,20-22,29H,3,6-12,16,28H2,1-2,4-5H3,(H,30,31)/t20-,21+,22-,36?/m0/s1. The summed E-state index contributed by atoms with van der Waals surface area (Å²) in [6.45, 7) is 11.6. The van der Waals surface area contributed by atoms with Crippen LogP contribution in [0.1, 0.15) is 76.8 Å². The highest BCUT2D eigenvalue weighted by Gasteiger charge is 2.42. The Morgan fingerprint density at radius 1 is 1.28 bits per heavy atom. The average molecular weight is 522 g/mol. The van der Waals surface area contributed by atoms with Crippen LogP contribution in [-0.2, 0) is 20.5 Å². The van der Waals surface area contributed by atoms with E-state index in [9.17, 15) is 24.4 Å². The number of allylic oxidation sites excluding steroid dienone is 3. The normalized spacial score (nSPS) is 20.1. The van der Waals surface area contributed by atoms with E-state index in [1.54, 1.807) is 19.1 Å². The molecule has 1 aromatic carbocycles. The Hall–Kier alpha value is -2.57. The van der Waals surface area contributed by atoms with Crippen molar-refractivity contribution in [2.75, 3.05) is 12.8 Å². The lowest BCUT2D eigenvalue weighted by Crippen LogP contribution is -2.35. The van der Waals surface area contributed by atoms with E-state index >= 15 is 0 Å². The zero-order valence-electron chi connectivity index (χ0n) is 21.8. The van der Waals surface area contributed by atoms with E-state index in [1.165, 1.54) is 0 Å². The number of nitrogens with two attached hydrogens (primary N) is 1. The van der Waals surface area contributed by atoms with Crippen molar-refractivity contribution in [3.63, 3.8) is 0 Å². The van der Waals surface area contributed by atoms with Crippen LogP contribution in [0.25, 0.3) is 0 Å². The molecule has 0 aliphatic heterocycles. The van der Waals surface area contributed by atoms with Crippen LogP contribution in [0.2, 0.25) is 0 Å². The van der Waals surface area contributed by atoms with Crippen LogP contribution in [0.5, 0.6) is 11.5 Å². The van der Waals surface area contributed by atoms with Gasteiger partial charge in [-0.15, -0.1) is 0 Å². The second kappa shape index (κ2) is 13.1. The van der Waals surface area contributed by atoms with Crippen LogP contribution >= 0.6 is 7.37 Å². The van der Waals surface area contributed by atoms with E-state index in [1.807, 2.05) is 19.9 Å². The Morgan fingerprint density at radius 3 is 2.56 bits per heavy atom. The number of phenolic OH excluding ortho intramolecular Hbond substituents is 1. The lowest BCUT2D eigenvalue weighted by Gasteiger charge is -2.33. The summed E-state index contributed by atoms with van der Waals surface area (Å²) in [5.74, 6) is -1.68. The van der Waals surface area contributed by atoms with Gasteiger partial charge in [0.1, 0.15) is 17.5 Å². The summed E-state index contributed by atoms with van der Waals surface area (Å²) in [6, 6.07) is 1.78. The third-order valence-electron chi connectivity index (χ3n) is 6.51. The third-order valence-corrected chi connectivity index (χ3v) is 8.56. The van der Waals surface area contributed by atoms with Crippen LogP contribution in [0.4, 0.5) is 4.79 Å². The molecule has 8 nitrogen and oxygen atoms in total. The van der Waals surface area contributed by atoms with Gasteiger partial charge in [-0.2, -0.15) is 0 Å². The monoisotopic (exact) mass is 521 g/mol. The SMILES string of the molecule is C=C(C)[C@@H]1CCC(C)=C[C@H]1c1c(O)cc(CCCCC)cc1OP(=O)(C[C@H](N)C(=O)O)C(=O)OCC. The maximum Gasteiger partial charge on any atom is 0.403 e. The summed E-state index contributed by atoms with van der Waals surface area (Å²) < 4.78 is 24.8. The number of phenols is 1. The summed E-state index contributed by atoms with van der Waals surface area (Å²) in [5.41, 5.74) is 7.75. The highest BCUT2D eigenvalue weighted by molar-refractivity contribution is 7.76. The zero-order chi connectivity index (χ0) is 27.0. The molecule has 2 rings (SSSR count). The fraction of sp³-hybridized carbons (Fsp3) is 0.556. The van der Waals surface area contributed by atoms with Gasteiger partial charge >= 0.3 is 19.0 Å². The van der Waals surface area contributed by atoms with E-state index < -0.39 is 31.3 Å². The molecule has 1 aliphatic carbocycles. The lowest BCUT2D eigenvalue weighted by molar-refractivity contribution is -0.138. The van der Waals surface area contributed by atoms with Gasteiger partial charge in [-0.1, -0.05) is 43.6 Å². The first-order chi connectivity index (χ1) is 16.9. The molecule has 0 radical (unpaired) electrons. The third kappa shape index (κ3) is 7.47. The Morgan fingerprint density at radius 2 is 1.97 bits per heavy atom. The number of carbonyl (C=O) groups is 2. The van der Waals surface area contributed by atoms with E-state index in [0.717, 1.165) is 48.8 Å². The predicted molar refractivity (Wildman–Crippen MR) is 141 cm³/mol. The predicted octanol–water partition coefficient (Wildman–Crippen LogP) is 6.37. The number of hydrogen-bond donors (Lipinski definition) is 3. The van der Waals surface area contributed by atoms with Crippen molar-refractivity contribution in [3.8, 4) is 11.5 Å². The van der Waals surface area contributed by atoms with Gasteiger partial charge in [-0.3, -0.25) is 9.36 Å². The minimum absolute atomic E-state index is 0.00357. The molecule has 1 aliphatic rings. The largest absolute Gasteiger partial charge is 0.507 e. The first-order valence-corrected chi connectivity index (χ1v) is 14.4. The number of aryl methyl sites for hydroxylation is 1. The number of ether oxygens (including phenoxy) is 1. The topological polar surface area (TPSA) is 136 Å². The van der Waals surface area contributed by atoms with Crippen LogP contribution in [0.15, 0.2) is 35.9 Å². The molecule has 4 N–H and O–H groups in total. The fourth-order valence-electron chi connectivity index (χ4n) is 4.57. The van der Waals surface area contributed by atoms with Crippen molar-refractivity contribution < 1.29 is 33.6 Å². The Bertz CT molecular complexity index is 1050. The van der Waals surface area contributed by atoms with Crippen LogP contribution < -0.4 is 10.3 Å². The molecule has 4 atom stereocenters. The second-order valence-corrected chi connectivity index (χ2v) is 11.9. The van der Waals surface area contributed by atoms with Crippen LogP contribution in [-0.4, -0.2) is 40.7 Å². The molecule has 0 fully saturated rings. The van der Waals surface area contributed by atoms with E-state index in [0.29, 0.717) is 12.0 Å². The van der Waals surface area contributed by atoms with Gasteiger partial charge in [0.15, 0.2) is 0 Å². The molecule has 0 saturated heterocycles. The summed E-state index contributed by atoms with van der Waals surface area (Å²) >= 11 is 0. The number of aliphatic carboxylic acids is 1. The van der Waals surface area contributed by atoms with Gasteiger partial charge in [0.2, 0.25) is 0 Å². The highest BCUT2D eigenvalue weighted by atomic mass is 31.2. The van der Waals surface area contributed by atoms with Gasteiger partial charge in [0.25, 0.3) is 0 Å². The van der Waals surface area contributed by atoms with Crippen LogP contribution in [0, 0.1) is 5.92 Å². The van der Waals surface area contributed by atoms with Crippen molar-refractivity contribution in [1.82, 2.24) is 0 Å². The molecule has 0 spiro atoms. The number of hydrogen-bond acceptors (Lipinski definition) is 7. The summed E-state index contributed by atoms with van der Waals surface area (Å²) in [5, 5.41) is 20.5. The van der Waals surface area contributed by atoms with Gasteiger partial charge in [-0.25, -0.2) is 4.79 Å². The summed E-state index contributed by atoms with van der Waals surface area (Å²) in [4.78, 5) is 24.2. The second-order valence-electron chi connectivity index (χ2n) is 9.61. The number of unbranched alkanes of at least 4 members (excludes halogenated alkanes) is 2. The minimum atomic E-state index is -4.39. The molecule has 1 unspecified atom stereocenters. The average Bonchev–Trinajstić information content (AvgIpc) is 2.78. The van der Waals surface area contributed by atoms with Crippen molar-refractivity contribution in [2.24, 2.45) is 11.7 Å². The summed E-state index contributed by atoms with van der Waals surface area (Å²) in [6.07, 6.45) is 6.56. The number of benzene rings is 1. The van der Waals surface area contributed by atoms with Gasteiger partial charge in [0.05, 0.1) is 12.8 Å². The Kier molecular flexibility index (Phi) is 10.8. The van der Waals surface area contributed by atoms with Crippen LogP contribution in [0.3, 0.4) is 0 Å². The molecule has 0 bridgehead atoms. The molecule has 200 valence electrons. The highest BCUT2D eigenvalue weighted by Crippen LogP contribution is 2.54. The first kappa shape index (κ1) is 29.7. The quantitative estimate of drug-likeness (QED) is 0.155. The smallest absolute Gasteiger partial charge is 0.403 e. The molecule has 9 heteroatoms. The molecule has 0 heterocycles. The van der Waals surface area contributed by atoms with E-state index in [-0.39, 0.29) is 29.9 Å². The molecule has 0 saturated carbocycles. The molecule has 36 heavy (non-hydrogen) atoms. The number of aromatic hydroxyl groups is 1. The van der Waals surface area contributed by atoms with E-state index in [2.05, 4.69) is 13.5 Å². The number of carbonyl (C=O) groups excluding carboxylic acids is 1.